The van der Waals surface area contributed by atoms with E-state index in [0.717, 1.165) is 12.0 Å². The molecule has 24 heavy (non-hydrogen) atoms. The number of benzene rings is 1. The largest absolute Gasteiger partial charge is 0.480 e. The van der Waals surface area contributed by atoms with Crippen LogP contribution >= 0.6 is 0 Å². The fourth-order valence-corrected chi connectivity index (χ4v) is 2.71. The first-order valence-electron chi connectivity index (χ1n) is 7.91. The lowest BCUT2D eigenvalue weighted by Crippen LogP contribution is -2.52. The summed E-state index contributed by atoms with van der Waals surface area (Å²) in [6, 6.07) is 10.2. The summed E-state index contributed by atoms with van der Waals surface area (Å²) in [7, 11) is 0. The summed E-state index contributed by atoms with van der Waals surface area (Å²) in [6.07, 6.45) is 0.954. The Morgan fingerprint density at radius 1 is 1.21 bits per heavy atom. The van der Waals surface area contributed by atoms with E-state index in [9.17, 15) is 14.7 Å². The zero-order valence-electron chi connectivity index (χ0n) is 13.4. The topological polar surface area (TPSA) is 80.0 Å². The second-order valence-electron chi connectivity index (χ2n) is 5.64. The maximum Gasteiger partial charge on any atom is 0.328 e. The van der Waals surface area contributed by atoms with Gasteiger partial charge in [0, 0.05) is 12.1 Å². The Hall–Kier alpha value is -2.60. The highest BCUT2D eigenvalue weighted by atomic mass is 16.5. The Kier molecular flexibility index (Phi) is 4.66. The molecule has 0 spiro atoms. The summed E-state index contributed by atoms with van der Waals surface area (Å²) in [5.74, 6) is -0.786. The van der Waals surface area contributed by atoms with Gasteiger partial charge in [0.25, 0.3) is 5.91 Å². The molecule has 2 heterocycles. The minimum absolute atomic E-state index is 0.00683. The Morgan fingerprint density at radius 2 is 1.96 bits per heavy atom. The normalized spacial score (nSPS) is 17.7. The number of nitrogens with zero attached hydrogens (tertiary/aromatic N) is 1. The van der Waals surface area contributed by atoms with Gasteiger partial charge >= 0.3 is 5.97 Å². The molecule has 1 fully saturated rings. The molecule has 1 aromatic heterocycles. The molecule has 126 valence electrons. The van der Waals surface area contributed by atoms with E-state index < -0.39 is 17.9 Å². The smallest absolute Gasteiger partial charge is 0.328 e. The van der Waals surface area contributed by atoms with Gasteiger partial charge in [0.2, 0.25) is 0 Å². The number of carbonyl (C=O) groups is 2. The van der Waals surface area contributed by atoms with Crippen molar-refractivity contribution in [2.75, 3.05) is 19.8 Å². The molecule has 1 saturated heterocycles. The molecule has 2 aromatic rings. The molecule has 6 heteroatoms. The number of morpholine rings is 1. The summed E-state index contributed by atoms with van der Waals surface area (Å²) < 4.78 is 10.8. The summed E-state index contributed by atoms with van der Waals surface area (Å²) >= 11 is 0. The van der Waals surface area contributed by atoms with Crippen LogP contribution in [0.15, 0.2) is 40.8 Å². The van der Waals surface area contributed by atoms with Crippen LogP contribution in [-0.2, 0) is 16.0 Å². The third-order valence-electron chi connectivity index (χ3n) is 4.14. The van der Waals surface area contributed by atoms with E-state index in [0.29, 0.717) is 12.4 Å². The van der Waals surface area contributed by atoms with Crippen molar-refractivity contribution in [3.63, 3.8) is 0 Å². The van der Waals surface area contributed by atoms with Gasteiger partial charge in [0.05, 0.1) is 13.2 Å². The molecule has 0 saturated carbocycles. The summed E-state index contributed by atoms with van der Waals surface area (Å²) in [5, 5.41) is 9.23. The number of hydrogen-bond acceptors (Lipinski definition) is 4. The molecule has 1 N–H and O–H groups in total. The molecule has 1 atom stereocenters. The molecule has 6 nitrogen and oxygen atoms in total. The first-order valence-corrected chi connectivity index (χ1v) is 7.91. The first kappa shape index (κ1) is 16.3. The first-order chi connectivity index (χ1) is 11.6. The fourth-order valence-electron chi connectivity index (χ4n) is 2.71. The van der Waals surface area contributed by atoms with Crippen LogP contribution in [-0.4, -0.2) is 47.7 Å². The van der Waals surface area contributed by atoms with E-state index in [1.165, 1.54) is 10.5 Å². The van der Waals surface area contributed by atoms with Crippen molar-refractivity contribution in [1.82, 2.24) is 4.90 Å². The molecular weight excluding hydrogens is 310 g/mol. The van der Waals surface area contributed by atoms with Crippen molar-refractivity contribution in [1.29, 1.82) is 0 Å². The lowest BCUT2D eigenvalue weighted by molar-refractivity contribution is -0.147. The third-order valence-corrected chi connectivity index (χ3v) is 4.14. The minimum atomic E-state index is -1.08. The van der Waals surface area contributed by atoms with Gasteiger partial charge < -0.3 is 19.2 Å². The van der Waals surface area contributed by atoms with Gasteiger partial charge in [0.15, 0.2) is 11.8 Å². The Balaban J connectivity index is 1.81. The van der Waals surface area contributed by atoms with Crippen LogP contribution in [0.5, 0.6) is 0 Å². The fraction of sp³-hybridized carbons (Fsp3) is 0.333. The highest BCUT2D eigenvalue weighted by Crippen LogP contribution is 2.24. The molecule has 3 rings (SSSR count). The van der Waals surface area contributed by atoms with Crippen LogP contribution in [0, 0.1) is 0 Å². The Bertz CT molecular complexity index is 734. The lowest BCUT2D eigenvalue weighted by Gasteiger charge is -2.32. The van der Waals surface area contributed by atoms with E-state index >= 15 is 0 Å². The zero-order valence-corrected chi connectivity index (χ0v) is 13.4. The Labute approximate surface area is 139 Å². The average molecular weight is 329 g/mol. The number of rotatable bonds is 4. The van der Waals surface area contributed by atoms with Crippen LogP contribution in [0.4, 0.5) is 0 Å². The van der Waals surface area contributed by atoms with Gasteiger partial charge in [-0.25, -0.2) is 4.79 Å². The number of carbonyl (C=O) groups excluding carboxylic acids is 1. The van der Waals surface area contributed by atoms with E-state index in [2.05, 4.69) is 6.92 Å². The van der Waals surface area contributed by atoms with E-state index in [4.69, 9.17) is 9.15 Å². The van der Waals surface area contributed by atoms with Crippen LogP contribution in [0.2, 0.25) is 0 Å². The van der Waals surface area contributed by atoms with E-state index in [1.54, 1.807) is 12.1 Å². The molecule has 1 aromatic carbocycles. The van der Waals surface area contributed by atoms with Gasteiger partial charge in [-0.3, -0.25) is 4.79 Å². The second kappa shape index (κ2) is 6.88. The molecule has 0 aliphatic carbocycles. The van der Waals surface area contributed by atoms with Crippen LogP contribution in [0.3, 0.4) is 0 Å². The maximum absolute atomic E-state index is 12.6. The molecular formula is C18H19NO5. The molecule has 1 aliphatic rings. The van der Waals surface area contributed by atoms with Crippen LogP contribution in [0.25, 0.3) is 11.3 Å². The van der Waals surface area contributed by atoms with Crippen LogP contribution < -0.4 is 0 Å². The molecule has 1 amide bonds. The molecule has 0 unspecified atom stereocenters. The van der Waals surface area contributed by atoms with Crippen LogP contribution in [0.1, 0.15) is 23.0 Å². The van der Waals surface area contributed by atoms with E-state index in [1.807, 2.05) is 24.3 Å². The van der Waals surface area contributed by atoms with Gasteiger partial charge in [-0.1, -0.05) is 31.2 Å². The number of hydrogen-bond donors (Lipinski definition) is 1. The van der Waals surface area contributed by atoms with E-state index in [-0.39, 0.29) is 18.9 Å². The average Bonchev–Trinajstić information content (AvgIpc) is 3.11. The highest BCUT2D eigenvalue weighted by molar-refractivity contribution is 5.95. The van der Waals surface area contributed by atoms with Crippen molar-refractivity contribution >= 4 is 11.9 Å². The van der Waals surface area contributed by atoms with Crippen molar-refractivity contribution < 1.29 is 23.8 Å². The third kappa shape index (κ3) is 3.19. The maximum atomic E-state index is 12.6. The number of amides is 1. The summed E-state index contributed by atoms with van der Waals surface area (Å²) in [5.41, 5.74) is 2.10. The SMILES string of the molecule is CCc1ccc(-c2ccc(C(=O)N3CCOC[C@H]3C(=O)O)o2)cc1. The second-order valence-corrected chi connectivity index (χ2v) is 5.64. The predicted molar refractivity (Wildman–Crippen MR) is 86.8 cm³/mol. The Morgan fingerprint density at radius 3 is 2.62 bits per heavy atom. The molecule has 0 bridgehead atoms. The quantitative estimate of drug-likeness (QED) is 0.932. The highest BCUT2D eigenvalue weighted by Gasteiger charge is 2.34. The minimum Gasteiger partial charge on any atom is -0.480 e. The van der Waals surface area contributed by atoms with Crippen molar-refractivity contribution in [2.24, 2.45) is 0 Å². The molecule has 1 aliphatic heterocycles. The number of aliphatic carboxylic acids is 1. The van der Waals surface area contributed by atoms with Gasteiger partial charge in [-0.15, -0.1) is 0 Å². The van der Waals surface area contributed by atoms with Gasteiger partial charge in [-0.2, -0.15) is 0 Å². The number of carboxylic acid groups (broad SMARTS) is 1. The van der Waals surface area contributed by atoms with Crippen molar-refractivity contribution in [3.8, 4) is 11.3 Å². The number of ether oxygens (including phenoxy) is 1. The van der Waals surface area contributed by atoms with Gasteiger partial charge in [0.1, 0.15) is 5.76 Å². The standard InChI is InChI=1S/C18H19NO5/c1-2-12-3-5-13(6-4-12)15-7-8-16(24-15)17(20)19-9-10-23-11-14(19)18(21)22/h3-8,14H,2,9-11H2,1H3,(H,21,22)/t14-/m0/s1. The molecule has 0 radical (unpaired) electrons. The summed E-state index contributed by atoms with van der Waals surface area (Å²) in [4.78, 5) is 25.1. The number of carboxylic acids is 1. The monoisotopic (exact) mass is 329 g/mol. The van der Waals surface area contributed by atoms with Gasteiger partial charge in [-0.05, 0) is 24.1 Å². The zero-order chi connectivity index (χ0) is 17.1. The summed E-state index contributed by atoms with van der Waals surface area (Å²) in [6.45, 7) is 2.63. The van der Waals surface area contributed by atoms with Crippen molar-refractivity contribution in [3.05, 3.63) is 47.7 Å². The number of aryl methyl sites for hydroxylation is 1. The predicted octanol–water partition coefficient (Wildman–Crippen LogP) is 2.43. The number of furan rings is 1. The lowest BCUT2D eigenvalue weighted by atomic mass is 10.1. The van der Waals surface area contributed by atoms with Crippen molar-refractivity contribution in [2.45, 2.75) is 19.4 Å².